The number of nitrogens with zero attached hydrogens (tertiary/aromatic N) is 3. The first-order chi connectivity index (χ1) is 27.3. The zero-order chi connectivity index (χ0) is 35.8. The summed E-state index contributed by atoms with van der Waals surface area (Å²) >= 11 is 1.74. The van der Waals surface area contributed by atoms with E-state index in [1.54, 1.807) is 11.3 Å². The third-order valence-corrected chi connectivity index (χ3v) is 12.7. The number of furan rings is 1. The minimum absolute atomic E-state index is 0.781. The Morgan fingerprint density at radius 2 is 1.05 bits per heavy atom. The van der Waals surface area contributed by atoms with Gasteiger partial charge in [0.05, 0.1) is 11.0 Å². The molecule has 0 radical (unpaired) electrons. The molecule has 0 saturated carbocycles. The van der Waals surface area contributed by atoms with Crippen molar-refractivity contribution >= 4 is 119 Å². The first-order valence-corrected chi connectivity index (χ1v) is 19.4. The van der Waals surface area contributed by atoms with Crippen molar-refractivity contribution in [3.63, 3.8) is 0 Å². The highest BCUT2D eigenvalue weighted by Crippen LogP contribution is 2.49. The van der Waals surface area contributed by atoms with Crippen LogP contribution in [0.1, 0.15) is 0 Å². The number of thiophene rings is 1. The average molecular weight is 718 g/mol. The summed E-state index contributed by atoms with van der Waals surface area (Å²) in [5.74, 6) is 0.781. The van der Waals surface area contributed by atoms with Crippen molar-refractivity contribution in [3.8, 4) is 17.1 Å². The summed E-state index contributed by atoms with van der Waals surface area (Å²) in [6, 6.07) is 58.3. The Morgan fingerprint density at radius 3 is 1.84 bits per heavy atom. The number of aromatic nitrogens is 3. The topological polar surface area (TPSA) is 43.9 Å². The molecule has 0 bridgehead atoms. The van der Waals surface area contributed by atoms with Crippen molar-refractivity contribution in [3.05, 3.63) is 164 Å². The summed E-state index contributed by atoms with van der Waals surface area (Å²) in [5.41, 5.74) is 6.53. The third-order valence-electron chi connectivity index (χ3n) is 11.6. The van der Waals surface area contributed by atoms with E-state index in [9.17, 15) is 0 Å². The Labute approximate surface area is 317 Å². The predicted molar refractivity (Wildman–Crippen MR) is 232 cm³/mol. The number of hydrogen-bond acceptors (Lipinski definition) is 4. The molecule has 13 rings (SSSR count). The van der Waals surface area contributed by atoms with Gasteiger partial charge in [-0.05, 0) is 49.8 Å². The van der Waals surface area contributed by atoms with E-state index in [2.05, 4.69) is 168 Å². The smallest absolute Gasteiger partial charge is 0.165 e. The molecule has 0 fully saturated rings. The highest BCUT2D eigenvalue weighted by atomic mass is 32.1. The van der Waals surface area contributed by atoms with E-state index < -0.39 is 0 Å². The lowest BCUT2D eigenvalue weighted by molar-refractivity contribution is 0.671. The van der Waals surface area contributed by atoms with Gasteiger partial charge in [-0.25, -0.2) is 9.97 Å². The van der Waals surface area contributed by atoms with Gasteiger partial charge in [-0.3, -0.25) is 4.57 Å². The monoisotopic (exact) mass is 717 g/mol. The minimum Gasteiger partial charge on any atom is -0.454 e. The Morgan fingerprint density at radius 1 is 0.455 bits per heavy atom. The van der Waals surface area contributed by atoms with Gasteiger partial charge in [-0.2, -0.15) is 0 Å². The van der Waals surface area contributed by atoms with E-state index >= 15 is 0 Å². The summed E-state index contributed by atoms with van der Waals surface area (Å²) in [5, 5.41) is 15.3. The average Bonchev–Trinajstić information content (AvgIpc) is 3.94. The van der Waals surface area contributed by atoms with Crippen LogP contribution in [0.15, 0.2) is 168 Å². The van der Waals surface area contributed by atoms with Gasteiger partial charge in [-0.15, -0.1) is 11.3 Å². The van der Waals surface area contributed by atoms with Crippen molar-refractivity contribution in [2.45, 2.75) is 0 Å². The molecule has 0 aliphatic heterocycles. The Bertz CT molecular complexity index is 3780. The second-order valence-corrected chi connectivity index (χ2v) is 15.4. The molecule has 0 saturated heterocycles. The molecule has 55 heavy (non-hydrogen) atoms. The Hall–Kier alpha value is -7.08. The highest BCUT2D eigenvalue weighted by Gasteiger charge is 2.27. The predicted octanol–water partition coefficient (Wildman–Crippen LogP) is 14.1. The molecule has 0 aliphatic rings. The normalized spacial score (nSPS) is 12.4. The maximum absolute atomic E-state index is 7.10. The summed E-state index contributed by atoms with van der Waals surface area (Å²) in [6.07, 6.45) is 0. The van der Waals surface area contributed by atoms with Crippen LogP contribution >= 0.6 is 11.3 Å². The van der Waals surface area contributed by atoms with Gasteiger partial charge in [0.25, 0.3) is 0 Å². The quantitative estimate of drug-likeness (QED) is 0.167. The van der Waals surface area contributed by atoms with Crippen LogP contribution in [0.5, 0.6) is 0 Å². The standard InChI is InChI=1S/C50H27N3OS/c1-2-15-29(16-3-1)44-49(51-45-43-33-20-8-6-18-31(33)32-19-7-11-23-36(32)48(43)55-50(45)52-44)53-38-25-13-12-24-37(38)40-34-21-9-10-22-35(34)42-41-30-17-5-4-14-28(30)26-27-39(41)54-47(42)46(40)53/h1-27H. The first kappa shape index (κ1) is 29.4. The summed E-state index contributed by atoms with van der Waals surface area (Å²) in [6.45, 7) is 0. The van der Waals surface area contributed by atoms with Crippen molar-refractivity contribution < 1.29 is 4.42 Å². The van der Waals surface area contributed by atoms with Gasteiger partial charge in [0.15, 0.2) is 11.4 Å². The van der Waals surface area contributed by atoms with E-state index in [0.29, 0.717) is 0 Å². The van der Waals surface area contributed by atoms with Crippen LogP contribution < -0.4 is 0 Å². The fraction of sp³-hybridized carbons (Fsp3) is 0. The fourth-order valence-electron chi connectivity index (χ4n) is 9.30. The number of fused-ring (bicyclic) bond motifs is 20. The van der Waals surface area contributed by atoms with Crippen LogP contribution in [0.2, 0.25) is 0 Å². The van der Waals surface area contributed by atoms with Crippen LogP contribution in [0.25, 0.3) is 124 Å². The molecule has 5 heteroatoms. The molecule has 4 heterocycles. The van der Waals surface area contributed by atoms with Crippen LogP contribution in [0.4, 0.5) is 0 Å². The largest absolute Gasteiger partial charge is 0.454 e. The Kier molecular flexibility index (Phi) is 5.74. The number of para-hydroxylation sites is 1. The van der Waals surface area contributed by atoms with E-state index in [-0.39, 0.29) is 0 Å². The maximum atomic E-state index is 7.10. The van der Waals surface area contributed by atoms with E-state index in [1.165, 1.54) is 47.8 Å². The summed E-state index contributed by atoms with van der Waals surface area (Å²) < 4.78 is 10.6. The maximum Gasteiger partial charge on any atom is 0.165 e. The molecule has 9 aromatic carbocycles. The number of hydrogen-bond donors (Lipinski definition) is 0. The number of rotatable bonds is 2. The summed E-state index contributed by atoms with van der Waals surface area (Å²) in [7, 11) is 0. The van der Waals surface area contributed by atoms with Crippen molar-refractivity contribution in [2.75, 3.05) is 0 Å². The Balaban J connectivity index is 1.29. The van der Waals surface area contributed by atoms with Crippen LogP contribution in [0, 0.1) is 0 Å². The lowest BCUT2D eigenvalue weighted by Crippen LogP contribution is -2.03. The van der Waals surface area contributed by atoms with Crippen molar-refractivity contribution in [1.82, 2.24) is 14.5 Å². The second kappa shape index (κ2) is 10.8. The lowest BCUT2D eigenvalue weighted by atomic mass is 9.96. The van der Waals surface area contributed by atoms with Crippen molar-refractivity contribution in [1.29, 1.82) is 0 Å². The molecular weight excluding hydrogens is 691 g/mol. The highest BCUT2D eigenvalue weighted by molar-refractivity contribution is 7.26. The zero-order valence-electron chi connectivity index (χ0n) is 29.2. The molecule has 0 aliphatic carbocycles. The van der Waals surface area contributed by atoms with Crippen LogP contribution in [-0.2, 0) is 0 Å². The second-order valence-electron chi connectivity index (χ2n) is 14.4. The number of benzene rings is 9. The molecule has 0 N–H and O–H groups in total. The van der Waals surface area contributed by atoms with E-state index in [1.807, 2.05) is 0 Å². The van der Waals surface area contributed by atoms with Gasteiger partial charge in [0, 0.05) is 42.6 Å². The van der Waals surface area contributed by atoms with Crippen LogP contribution in [0.3, 0.4) is 0 Å². The van der Waals surface area contributed by atoms with E-state index in [0.717, 1.165) is 76.6 Å². The van der Waals surface area contributed by atoms with Crippen LogP contribution in [-0.4, -0.2) is 14.5 Å². The van der Waals surface area contributed by atoms with Gasteiger partial charge in [0.2, 0.25) is 0 Å². The molecule has 4 nitrogen and oxygen atoms in total. The lowest BCUT2D eigenvalue weighted by Gasteiger charge is -2.13. The van der Waals surface area contributed by atoms with Gasteiger partial charge in [0.1, 0.15) is 21.6 Å². The fourth-order valence-corrected chi connectivity index (χ4v) is 10.5. The molecular formula is C50H27N3OS. The molecule has 0 unspecified atom stereocenters. The zero-order valence-corrected chi connectivity index (χ0v) is 30.1. The van der Waals surface area contributed by atoms with Gasteiger partial charge >= 0.3 is 0 Å². The molecule has 4 aromatic heterocycles. The first-order valence-electron chi connectivity index (χ1n) is 18.6. The SMILES string of the molecule is c1ccc(-c2nc3sc4c5ccccc5c5ccccc5c4c3nc2-n2c3ccccc3c3c4ccccc4c4c(oc5ccc6ccccc6c54)c32)cc1. The van der Waals surface area contributed by atoms with Gasteiger partial charge in [-0.1, -0.05) is 152 Å². The van der Waals surface area contributed by atoms with Crippen molar-refractivity contribution in [2.24, 2.45) is 0 Å². The molecule has 0 amide bonds. The molecule has 254 valence electrons. The molecule has 0 spiro atoms. The van der Waals surface area contributed by atoms with E-state index in [4.69, 9.17) is 14.4 Å². The third kappa shape index (κ3) is 3.84. The summed E-state index contributed by atoms with van der Waals surface area (Å²) in [4.78, 5) is 12.3. The molecule has 13 aromatic rings. The minimum atomic E-state index is 0.781. The molecule has 0 atom stereocenters. The van der Waals surface area contributed by atoms with Gasteiger partial charge < -0.3 is 4.42 Å².